The summed E-state index contributed by atoms with van der Waals surface area (Å²) in [7, 11) is -4.63. The Balaban J connectivity index is 2.12. The summed E-state index contributed by atoms with van der Waals surface area (Å²) >= 11 is 5.78. The van der Waals surface area contributed by atoms with E-state index in [1.807, 2.05) is 67.8 Å². The summed E-state index contributed by atoms with van der Waals surface area (Å²) < 4.78 is 48.5. The first-order valence-electron chi connectivity index (χ1n) is 8.24. The molecule has 0 aliphatic heterocycles. The number of hydrogen-bond acceptors (Lipinski definition) is 9. The van der Waals surface area contributed by atoms with E-state index < -0.39 is 37.6 Å². The highest BCUT2D eigenvalue weighted by Gasteiger charge is 2.24. The minimum atomic E-state index is -4.63. The smallest absolute Gasteiger partial charge is 0.340 e. The van der Waals surface area contributed by atoms with Crippen LogP contribution in [0.25, 0.3) is 0 Å². The Kier molecular flexibility index (Phi) is 9.43. The van der Waals surface area contributed by atoms with Crippen LogP contribution in [0.3, 0.4) is 0 Å². The van der Waals surface area contributed by atoms with Gasteiger partial charge in [0.05, 0.1) is 17.6 Å². The van der Waals surface area contributed by atoms with Crippen molar-refractivity contribution in [2.45, 2.75) is 11.8 Å². The van der Waals surface area contributed by atoms with Gasteiger partial charge in [0.1, 0.15) is 18.1 Å². The molecular weight excluding hydrogens is 791 g/mol. The lowest BCUT2D eigenvalue weighted by Crippen LogP contribution is -2.16. The zero-order chi connectivity index (χ0) is 24.2. The second-order valence-corrected chi connectivity index (χ2v) is 10.6. The number of carbonyl (C=O) groups is 2. The number of nitro groups is 1. The second-order valence-electron chi connectivity index (χ2n) is 5.80. The van der Waals surface area contributed by atoms with E-state index >= 15 is 0 Å². The van der Waals surface area contributed by atoms with Crippen molar-refractivity contribution in [1.29, 1.82) is 0 Å². The van der Waals surface area contributed by atoms with Gasteiger partial charge in [0.15, 0.2) is 11.5 Å². The third kappa shape index (κ3) is 6.84. The molecule has 0 unspecified atom stereocenters. The maximum absolute atomic E-state index is 12.5. The SMILES string of the molecule is CC(=O)Oc1c(I)cc(I)c(C(=O)OCCOc2ccc(S(=O)(=O)O)cc2[N+](=O)[O-])c1I. The summed E-state index contributed by atoms with van der Waals surface area (Å²) in [5, 5.41) is 11.2. The number of esters is 2. The third-order valence-corrected chi connectivity index (χ3v) is 7.11. The lowest BCUT2D eigenvalue weighted by Gasteiger charge is -2.13. The molecule has 1 N–H and O–H groups in total. The molecule has 172 valence electrons. The first kappa shape index (κ1) is 26.9. The van der Waals surface area contributed by atoms with E-state index in [0.717, 1.165) is 12.1 Å². The van der Waals surface area contributed by atoms with Crippen LogP contribution in [0.4, 0.5) is 5.69 Å². The molecule has 0 saturated heterocycles. The minimum Gasteiger partial charge on any atom is -0.483 e. The standard InChI is InChI=1S/C17H12I3NO10S/c1-8(22)31-16-11(19)7-10(18)14(15(16)20)17(23)30-5-4-29-13-3-2-9(32(26,27)28)6-12(13)21(24)25/h2-3,6-7H,4-5H2,1H3,(H,26,27,28). The normalized spacial score (nSPS) is 11.0. The van der Waals surface area contributed by atoms with Crippen molar-refractivity contribution in [3.63, 3.8) is 0 Å². The molecule has 0 fully saturated rings. The molecule has 0 aliphatic rings. The van der Waals surface area contributed by atoms with Gasteiger partial charge in [-0.25, -0.2) is 4.79 Å². The first-order valence-corrected chi connectivity index (χ1v) is 12.9. The number of rotatable bonds is 8. The molecule has 0 amide bonds. The number of carbonyl (C=O) groups excluding carboxylic acids is 2. The number of nitro benzene ring substituents is 1. The van der Waals surface area contributed by atoms with E-state index in [1.165, 1.54) is 6.92 Å². The van der Waals surface area contributed by atoms with Crippen LogP contribution in [-0.4, -0.2) is 43.0 Å². The van der Waals surface area contributed by atoms with E-state index in [2.05, 4.69) is 0 Å². The van der Waals surface area contributed by atoms with Gasteiger partial charge in [-0.1, -0.05) is 0 Å². The number of nitrogens with zero attached hydrogens (tertiary/aromatic N) is 1. The fourth-order valence-electron chi connectivity index (χ4n) is 2.28. The van der Waals surface area contributed by atoms with Crippen molar-refractivity contribution in [2.75, 3.05) is 13.2 Å². The summed E-state index contributed by atoms with van der Waals surface area (Å²) in [6.07, 6.45) is 0. The predicted octanol–water partition coefficient (Wildman–Crippen LogP) is 3.82. The fraction of sp³-hybridized carbons (Fsp3) is 0.176. The monoisotopic (exact) mass is 803 g/mol. The van der Waals surface area contributed by atoms with Crippen LogP contribution in [-0.2, 0) is 19.6 Å². The molecule has 2 aromatic rings. The van der Waals surface area contributed by atoms with Gasteiger partial charge in [-0.15, -0.1) is 0 Å². The summed E-state index contributed by atoms with van der Waals surface area (Å²) in [4.78, 5) is 33.5. The minimum absolute atomic E-state index is 0.186. The van der Waals surface area contributed by atoms with Crippen molar-refractivity contribution in [2.24, 2.45) is 0 Å². The molecule has 2 aromatic carbocycles. The quantitative estimate of drug-likeness (QED) is 0.0792. The topological polar surface area (TPSA) is 159 Å². The lowest BCUT2D eigenvalue weighted by molar-refractivity contribution is -0.386. The fourth-order valence-corrected chi connectivity index (χ4v) is 6.81. The van der Waals surface area contributed by atoms with Crippen LogP contribution in [0.5, 0.6) is 11.5 Å². The summed E-state index contributed by atoms with van der Waals surface area (Å²) in [6, 6.07) is 4.26. The highest BCUT2D eigenvalue weighted by Crippen LogP contribution is 2.34. The van der Waals surface area contributed by atoms with Crippen molar-refractivity contribution in [1.82, 2.24) is 0 Å². The average Bonchev–Trinajstić information content (AvgIpc) is 2.67. The van der Waals surface area contributed by atoms with Crippen molar-refractivity contribution < 1.29 is 41.7 Å². The maximum Gasteiger partial charge on any atom is 0.340 e. The molecule has 11 nitrogen and oxygen atoms in total. The molecule has 0 spiro atoms. The van der Waals surface area contributed by atoms with E-state index in [-0.39, 0.29) is 30.3 Å². The molecular formula is C17H12I3NO10S. The highest BCUT2D eigenvalue weighted by molar-refractivity contribution is 14.1. The molecule has 0 bridgehead atoms. The Morgan fingerprint density at radius 3 is 2.34 bits per heavy atom. The molecule has 0 aromatic heterocycles. The van der Waals surface area contributed by atoms with Crippen LogP contribution < -0.4 is 9.47 Å². The van der Waals surface area contributed by atoms with Gasteiger partial charge in [-0.05, 0) is 86.0 Å². The zero-order valence-corrected chi connectivity index (χ0v) is 23.1. The van der Waals surface area contributed by atoms with E-state index in [4.69, 9.17) is 18.8 Å². The Morgan fingerprint density at radius 2 is 1.78 bits per heavy atom. The van der Waals surface area contributed by atoms with Crippen molar-refractivity contribution in [3.05, 3.63) is 50.7 Å². The molecule has 0 atom stereocenters. The Morgan fingerprint density at radius 1 is 1.12 bits per heavy atom. The Labute approximate surface area is 222 Å². The highest BCUT2D eigenvalue weighted by atomic mass is 127. The summed E-state index contributed by atoms with van der Waals surface area (Å²) in [5.41, 5.74) is -0.495. The van der Waals surface area contributed by atoms with Crippen molar-refractivity contribution in [3.8, 4) is 11.5 Å². The van der Waals surface area contributed by atoms with Crippen LogP contribution in [0.2, 0.25) is 0 Å². The van der Waals surface area contributed by atoms with Gasteiger partial charge < -0.3 is 14.2 Å². The van der Waals surface area contributed by atoms with E-state index in [1.54, 1.807) is 6.07 Å². The Bertz CT molecular complexity index is 1200. The van der Waals surface area contributed by atoms with Crippen LogP contribution in [0.15, 0.2) is 29.2 Å². The largest absolute Gasteiger partial charge is 0.483 e. The van der Waals surface area contributed by atoms with Gasteiger partial charge in [-0.2, -0.15) is 8.42 Å². The van der Waals surface area contributed by atoms with Gasteiger partial charge in [0, 0.05) is 16.6 Å². The molecule has 2 rings (SSSR count). The van der Waals surface area contributed by atoms with Gasteiger partial charge >= 0.3 is 17.6 Å². The molecule has 0 aliphatic carbocycles. The second kappa shape index (κ2) is 11.2. The number of ether oxygens (including phenoxy) is 3. The van der Waals surface area contributed by atoms with Gasteiger partial charge in [0.25, 0.3) is 10.1 Å². The lowest BCUT2D eigenvalue weighted by atomic mass is 10.2. The molecule has 32 heavy (non-hydrogen) atoms. The Hall–Kier alpha value is -1.32. The van der Waals surface area contributed by atoms with E-state index in [0.29, 0.717) is 16.8 Å². The molecule has 0 saturated carbocycles. The number of benzene rings is 2. The van der Waals surface area contributed by atoms with Crippen molar-refractivity contribution >= 4 is 95.5 Å². The summed E-state index contributed by atoms with van der Waals surface area (Å²) in [5.74, 6) is -1.30. The van der Waals surface area contributed by atoms with Crippen LogP contribution in [0.1, 0.15) is 17.3 Å². The molecule has 0 radical (unpaired) electrons. The van der Waals surface area contributed by atoms with E-state index in [9.17, 15) is 28.1 Å². The van der Waals surface area contributed by atoms with Crippen LogP contribution in [0, 0.1) is 20.8 Å². The third-order valence-electron chi connectivity index (χ3n) is 3.58. The number of hydrogen-bond donors (Lipinski definition) is 1. The average molecular weight is 803 g/mol. The molecule has 0 heterocycles. The predicted molar refractivity (Wildman–Crippen MR) is 135 cm³/mol. The van der Waals surface area contributed by atoms with Crippen LogP contribution >= 0.6 is 67.8 Å². The zero-order valence-electron chi connectivity index (χ0n) is 15.8. The number of halogens is 3. The maximum atomic E-state index is 12.5. The summed E-state index contributed by atoms with van der Waals surface area (Å²) in [6.45, 7) is 0.685. The first-order chi connectivity index (χ1) is 14.8. The van der Waals surface area contributed by atoms with Gasteiger partial charge in [0.2, 0.25) is 0 Å². The molecule has 15 heteroatoms. The van der Waals surface area contributed by atoms with Gasteiger partial charge in [-0.3, -0.25) is 19.5 Å².